The van der Waals surface area contributed by atoms with Crippen molar-refractivity contribution in [3.63, 3.8) is 0 Å². The highest BCUT2D eigenvalue weighted by Crippen LogP contribution is 2.37. The van der Waals surface area contributed by atoms with Crippen molar-refractivity contribution in [3.8, 4) is 5.75 Å². The molecule has 1 aromatic carbocycles. The molecule has 0 fully saturated rings. The molecule has 1 rings (SSSR count). The van der Waals surface area contributed by atoms with Gasteiger partial charge in [-0.2, -0.15) is 0 Å². The van der Waals surface area contributed by atoms with Crippen molar-refractivity contribution in [2.24, 2.45) is 0 Å². The molecule has 0 unspecified atom stereocenters. The predicted octanol–water partition coefficient (Wildman–Crippen LogP) is 3.76. The Bertz CT molecular complexity index is 326. The Balaban J connectivity index is 2.72. The molecule has 0 aliphatic heterocycles. The van der Waals surface area contributed by atoms with Gasteiger partial charge < -0.3 is 4.74 Å². The number of esters is 1. The molecule has 0 aromatic heterocycles. The number of carbonyl (C=O) groups excluding carboxylic acids is 1. The van der Waals surface area contributed by atoms with Crippen LogP contribution in [0.1, 0.15) is 20.3 Å². The van der Waals surface area contributed by atoms with Gasteiger partial charge in [0.1, 0.15) is 5.75 Å². The van der Waals surface area contributed by atoms with E-state index in [2.05, 4.69) is 6.92 Å². The van der Waals surface area contributed by atoms with Gasteiger partial charge >= 0.3 is 5.97 Å². The largest absolute Gasteiger partial charge is 0.425 e. The van der Waals surface area contributed by atoms with Crippen LogP contribution in [0.2, 0.25) is 0 Å². The van der Waals surface area contributed by atoms with Crippen molar-refractivity contribution >= 4 is 27.6 Å². The third-order valence-corrected chi connectivity index (χ3v) is 4.10. The van der Waals surface area contributed by atoms with E-state index in [9.17, 15) is 4.79 Å². The van der Waals surface area contributed by atoms with Crippen molar-refractivity contribution in [2.75, 3.05) is 5.75 Å². The van der Waals surface area contributed by atoms with Crippen molar-refractivity contribution in [1.29, 1.82) is 0 Å². The highest BCUT2D eigenvalue weighted by molar-refractivity contribution is 8.76. The van der Waals surface area contributed by atoms with Gasteiger partial charge in [-0.3, -0.25) is 4.79 Å². The molecule has 0 saturated heterocycles. The second-order valence-electron chi connectivity index (χ2n) is 2.76. The second kappa shape index (κ2) is 6.80. The number of hydrogen-bond acceptors (Lipinski definition) is 4. The molecule has 0 radical (unpaired) electrons. The summed E-state index contributed by atoms with van der Waals surface area (Å²) >= 11 is 0. The summed E-state index contributed by atoms with van der Waals surface area (Å²) in [6.45, 7) is 3.89. The minimum Gasteiger partial charge on any atom is -0.425 e. The smallest absolute Gasteiger partial charge is 0.310 e. The summed E-state index contributed by atoms with van der Waals surface area (Å²) in [4.78, 5) is 12.2. The zero-order valence-corrected chi connectivity index (χ0v) is 10.5. The maximum Gasteiger partial charge on any atom is 0.310 e. The van der Waals surface area contributed by atoms with E-state index >= 15 is 0 Å². The first kappa shape index (κ1) is 12.5. The molecule has 0 N–H and O–H groups in total. The van der Waals surface area contributed by atoms with Crippen LogP contribution in [-0.4, -0.2) is 11.7 Å². The highest BCUT2D eigenvalue weighted by atomic mass is 33.1. The molecule has 0 heterocycles. The Morgan fingerprint density at radius 3 is 2.73 bits per heavy atom. The topological polar surface area (TPSA) is 26.3 Å². The lowest BCUT2D eigenvalue weighted by Gasteiger charge is -2.07. The maximum absolute atomic E-state index is 11.2. The van der Waals surface area contributed by atoms with Crippen molar-refractivity contribution in [3.05, 3.63) is 24.3 Å². The molecule has 0 bridgehead atoms. The lowest BCUT2D eigenvalue weighted by atomic mass is 10.3. The SMILES string of the molecule is CCSSc1ccccc1OC(=O)CC. The molecule has 1 aromatic rings. The van der Waals surface area contributed by atoms with Gasteiger partial charge in [-0.1, -0.05) is 47.6 Å². The Morgan fingerprint density at radius 1 is 1.33 bits per heavy atom. The molecule has 0 aliphatic rings. The summed E-state index contributed by atoms with van der Waals surface area (Å²) in [6.07, 6.45) is 0.403. The molecule has 0 spiro atoms. The minimum atomic E-state index is -0.190. The fourth-order valence-corrected chi connectivity index (χ4v) is 2.64. The zero-order chi connectivity index (χ0) is 11.1. The molecular formula is C11H14O2S2. The van der Waals surface area contributed by atoms with Crippen LogP contribution in [-0.2, 0) is 4.79 Å². The van der Waals surface area contributed by atoms with Crippen molar-refractivity contribution in [1.82, 2.24) is 0 Å². The Hall–Kier alpha value is -0.610. The Kier molecular flexibility index (Phi) is 5.65. The first-order chi connectivity index (χ1) is 7.27. The van der Waals surface area contributed by atoms with Gasteiger partial charge in [0.05, 0.1) is 4.90 Å². The van der Waals surface area contributed by atoms with Crippen LogP contribution in [0, 0.1) is 0 Å². The lowest BCUT2D eigenvalue weighted by molar-refractivity contribution is -0.134. The number of hydrogen-bond donors (Lipinski definition) is 0. The van der Waals surface area contributed by atoms with Crippen LogP contribution in [0.3, 0.4) is 0 Å². The van der Waals surface area contributed by atoms with Gasteiger partial charge in [-0.05, 0) is 12.1 Å². The third kappa shape index (κ3) is 4.18. The number of benzene rings is 1. The molecular weight excluding hydrogens is 228 g/mol. The van der Waals surface area contributed by atoms with Crippen LogP contribution in [0.15, 0.2) is 29.2 Å². The van der Waals surface area contributed by atoms with E-state index in [1.54, 1.807) is 28.5 Å². The minimum absolute atomic E-state index is 0.190. The molecule has 82 valence electrons. The Labute approximate surface area is 98.2 Å². The normalized spacial score (nSPS) is 10.0. The first-order valence-electron chi connectivity index (χ1n) is 4.87. The van der Waals surface area contributed by atoms with Crippen LogP contribution in [0.5, 0.6) is 5.75 Å². The van der Waals surface area contributed by atoms with E-state index in [1.807, 2.05) is 24.3 Å². The van der Waals surface area contributed by atoms with Crippen LogP contribution in [0.25, 0.3) is 0 Å². The van der Waals surface area contributed by atoms with Gasteiger partial charge in [-0.25, -0.2) is 0 Å². The summed E-state index contributed by atoms with van der Waals surface area (Å²) in [5.74, 6) is 1.50. The highest BCUT2D eigenvalue weighted by Gasteiger charge is 2.07. The van der Waals surface area contributed by atoms with Crippen LogP contribution in [0.4, 0.5) is 0 Å². The second-order valence-corrected chi connectivity index (χ2v) is 5.39. The van der Waals surface area contributed by atoms with Gasteiger partial charge in [0.15, 0.2) is 0 Å². The summed E-state index contributed by atoms with van der Waals surface area (Å²) in [5.41, 5.74) is 0. The van der Waals surface area contributed by atoms with E-state index in [4.69, 9.17) is 4.74 Å². The number of rotatable bonds is 5. The fourth-order valence-electron chi connectivity index (χ4n) is 0.921. The standard InChI is InChI=1S/C11H14O2S2/c1-3-11(12)13-9-7-5-6-8-10(9)15-14-4-2/h5-8H,3-4H2,1-2H3. The average Bonchev–Trinajstić information content (AvgIpc) is 2.28. The van der Waals surface area contributed by atoms with E-state index < -0.39 is 0 Å². The summed E-state index contributed by atoms with van der Waals surface area (Å²) in [7, 11) is 3.37. The first-order valence-corrected chi connectivity index (χ1v) is 7.19. The van der Waals surface area contributed by atoms with Crippen LogP contribution >= 0.6 is 21.6 Å². The van der Waals surface area contributed by atoms with Gasteiger partial charge in [-0.15, -0.1) is 0 Å². The third-order valence-electron chi connectivity index (χ3n) is 1.63. The summed E-state index contributed by atoms with van der Waals surface area (Å²) in [6, 6.07) is 7.61. The van der Waals surface area contributed by atoms with Gasteiger partial charge in [0, 0.05) is 12.2 Å². The average molecular weight is 242 g/mol. The molecule has 0 amide bonds. The maximum atomic E-state index is 11.2. The molecule has 15 heavy (non-hydrogen) atoms. The Morgan fingerprint density at radius 2 is 2.07 bits per heavy atom. The molecule has 4 heteroatoms. The fraction of sp³-hybridized carbons (Fsp3) is 0.364. The monoisotopic (exact) mass is 242 g/mol. The van der Waals surface area contributed by atoms with Crippen LogP contribution < -0.4 is 4.74 Å². The zero-order valence-electron chi connectivity index (χ0n) is 8.86. The molecule has 0 atom stereocenters. The quantitative estimate of drug-likeness (QED) is 0.446. The van der Waals surface area contributed by atoms with E-state index in [1.165, 1.54) is 0 Å². The molecule has 2 nitrogen and oxygen atoms in total. The summed E-state index contributed by atoms with van der Waals surface area (Å²) in [5, 5.41) is 0. The number of para-hydroxylation sites is 1. The van der Waals surface area contributed by atoms with E-state index in [0.717, 1.165) is 10.6 Å². The molecule has 0 saturated carbocycles. The number of ether oxygens (including phenoxy) is 1. The molecule has 0 aliphatic carbocycles. The van der Waals surface area contributed by atoms with E-state index in [0.29, 0.717) is 12.2 Å². The van der Waals surface area contributed by atoms with Crippen molar-refractivity contribution in [2.45, 2.75) is 25.2 Å². The number of carbonyl (C=O) groups is 1. The van der Waals surface area contributed by atoms with E-state index in [-0.39, 0.29) is 5.97 Å². The lowest BCUT2D eigenvalue weighted by Crippen LogP contribution is -2.05. The van der Waals surface area contributed by atoms with Crippen molar-refractivity contribution < 1.29 is 9.53 Å². The predicted molar refractivity (Wildman–Crippen MR) is 66.4 cm³/mol. The summed E-state index contributed by atoms with van der Waals surface area (Å²) < 4.78 is 5.22. The van der Waals surface area contributed by atoms with Gasteiger partial charge in [0.2, 0.25) is 0 Å². The van der Waals surface area contributed by atoms with Gasteiger partial charge in [0.25, 0.3) is 0 Å².